The number of ketones is 1. The summed E-state index contributed by atoms with van der Waals surface area (Å²) < 4.78 is 121. The number of carbonyl (C=O) groups excluding carboxylic acids is 6. The summed E-state index contributed by atoms with van der Waals surface area (Å²) in [6, 6.07) is 48.6. The number of nitrogens with zero attached hydrogens (tertiary/aromatic N) is 8. The number of H-pyrrole nitrogens is 1. The Balaban J connectivity index is 0.000000154. The van der Waals surface area contributed by atoms with Crippen molar-refractivity contribution in [1.29, 1.82) is 0 Å². The number of alkyl halides is 3. The highest BCUT2D eigenvalue weighted by molar-refractivity contribution is 5.96. The zero-order valence-electron chi connectivity index (χ0n) is 69.9. The number of likely N-dealkylation sites (N-methyl/N-ethyl adjacent to an activating group) is 1. The quantitative estimate of drug-likeness (QED) is 0.0216. The Morgan fingerprint density at radius 3 is 1.80 bits per heavy atom. The molecular weight excluding hydrogens is 1620 g/mol. The Kier molecular flexibility index (Phi) is 27.8. The summed E-state index contributed by atoms with van der Waals surface area (Å²) in [5.41, 5.74) is 18.4. The monoisotopic (exact) mass is 1720 g/mol. The van der Waals surface area contributed by atoms with Crippen LogP contribution in [0.4, 0.5) is 35.1 Å². The Bertz CT molecular complexity index is 6150. The van der Waals surface area contributed by atoms with E-state index in [0.29, 0.717) is 117 Å². The maximum Gasteiger partial charge on any atom is 0.435 e. The van der Waals surface area contributed by atoms with E-state index >= 15 is 0 Å². The first-order valence-electron chi connectivity index (χ1n) is 41.6. The van der Waals surface area contributed by atoms with Gasteiger partial charge in [-0.25, -0.2) is 22.0 Å². The predicted octanol–water partition coefficient (Wildman–Crippen LogP) is 17.6. The number of carbonyl (C=O) groups is 6. The molecule has 1 saturated carbocycles. The average molecular weight is 1720 g/mol. The molecule has 3 aliphatic carbocycles. The van der Waals surface area contributed by atoms with Crippen molar-refractivity contribution in [3.05, 3.63) is 331 Å². The molecule has 20 nitrogen and oxygen atoms in total. The molecule has 0 aliphatic heterocycles. The fourth-order valence-electron chi connectivity index (χ4n) is 17.6. The van der Waals surface area contributed by atoms with Crippen LogP contribution in [0.15, 0.2) is 207 Å². The van der Waals surface area contributed by atoms with Gasteiger partial charge in [-0.15, -0.1) is 0 Å². The average Bonchev–Trinajstić information content (AvgIpc) is 1.58. The van der Waals surface area contributed by atoms with Gasteiger partial charge < -0.3 is 36.3 Å². The fourth-order valence-corrected chi connectivity index (χ4v) is 17.6. The number of hydrogen-bond donors (Lipinski definition) is 5. The van der Waals surface area contributed by atoms with Crippen LogP contribution in [0.1, 0.15) is 178 Å². The largest absolute Gasteiger partial charge is 0.497 e. The SMILES string of the molecule is COc1ccc2[nH]cc(CC(=O)C[C@@H](Cc3cc(F)cc(F)c3)c3ncccc3-c3ccccc3)c2c1.Cc1cc(F)cc(C[C@H](NC(=O)Cn2nc(C(F)(F)F)c3c2CCCC3)c2ncccc2-c2cccc(C(=O)NCCN(C)C)c2)c1.Cc1cc(F)cc(C[C@H](NC(=O)Cn2nc(C=O)c3c2C2CCC3C2)c2ncccc2-c2ccc(F)c(C(N)=O)c2)c1. The van der Waals surface area contributed by atoms with Crippen molar-refractivity contribution in [2.45, 2.75) is 140 Å². The van der Waals surface area contributed by atoms with Crippen LogP contribution in [-0.4, -0.2) is 114 Å². The number of aromatic nitrogens is 8. The highest BCUT2D eigenvalue weighted by Crippen LogP contribution is 2.54. The molecule has 6 heterocycles. The van der Waals surface area contributed by atoms with E-state index in [0.717, 1.165) is 92.5 Å². The molecule has 648 valence electrons. The Labute approximate surface area is 722 Å². The fraction of sp³-hybridized carbons (Fsp3) is 0.276. The Hall–Kier alpha value is -13.6. The second kappa shape index (κ2) is 39.5. The molecule has 28 heteroatoms. The number of fused-ring (bicyclic) bond motifs is 7. The number of benzene rings is 7. The van der Waals surface area contributed by atoms with E-state index < -0.39 is 71.4 Å². The third-order valence-electron chi connectivity index (χ3n) is 23.0. The van der Waals surface area contributed by atoms with Crippen molar-refractivity contribution in [2.75, 3.05) is 34.3 Å². The number of aromatic amines is 1. The van der Waals surface area contributed by atoms with Crippen LogP contribution < -0.4 is 26.4 Å². The minimum Gasteiger partial charge on any atom is -0.497 e. The standard InChI is InChI=1S/C35H38F4N6O2.C32H29F2N5O3.C31H26F2N2O2/c1-22-16-23(18-26(36)17-22)19-29(42-31(46)21-45-30-12-5-4-10-28(30)33(43-45)35(37,38)39)32-27(11-7-13-40-32)24-8-6-9-25(20-24)34(47)41-14-15-44(2)3;1-17-9-18(11-22(33)10-17)12-26(30-23(3-2-8-36-30)19-6-7-25(34)24(14-19)32(35)42)37-28(41)15-39-31-21-5-4-20(13-21)29(31)27(16-40)38-39;1-37-27-9-10-30-29(18-27)23(19-35-30)16-26(36)15-22(12-20-13-24(32)17-25(33)14-20)31-28(8-5-11-34-31)21-6-3-2-4-7-21/h6-9,11,13,16-18,20,29H,4-5,10,12,14-15,19,21H2,1-3H3,(H,41,47)(H,42,46);2-3,6-11,14,16,20-21,26H,4-5,12-13,15H2,1H3,(H2,35,42)(H,37,41);2-11,13-14,17-19,22,35H,12,15-16H2,1H3/t29-;20?,21?,26-;22-/m001/s1. The number of ether oxygens (including phenoxy) is 1. The summed E-state index contributed by atoms with van der Waals surface area (Å²) in [7, 11) is 5.44. The molecule has 0 saturated heterocycles. The molecular formula is C98H93F8N13O7. The lowest BCUT2D eigenvalue weighted by atomic mass is 9.86. The number of rotatable bonds is 29. The highest BCUT2D eigenvalue weighted by Gasteiger charge is 2.44. The van der Waals surface area contributed by atoms with Gasteiger partial charge in [-0.05, 0) is 245 Å². The van der Waals surface area contributed by atoms with Crippen molar-refractivity contribution in [3.63, 3.8) is 0 Å². The van der Waals surface area contributed by atoms with E-state index in [1.807, 2.05) is 110 Å². The first-order chi connectivity index (χ1) is 60.6. The summed E-state index contributed by atoms with van der Waals surface area (Å²) in [6.45, 7) is 4.19. The maximum atomic E-state index is 14.4. The molecule has 6 N–H and O–H groups in total. The molecule has 6 aromatic heterocycles. The lowest BCUT2D eigenvalue weighted by Gasteiger charge is -2.22. The number of hydrogen-bond acceptors (Lipinski definition) is 13. The van der Waals surface area contributed by atoms with Gasteiger partial charge in [0.15, 0.2) is 12.0 Å². The van der Waals surface area contributed by atoms with E-state index in [1.54, 1.807) is 80.6 Å². The van der Waals surface area contributed by atoms with Crippen LogP contribution in [0.2, 0.25) is 0 Å². The van der Waals surface area contributed by atoms with Crippen LogP contribution in [0.5, 0.6) is 5.75 Å². The minimum atomic E-state index is -4.62. The molecule has 126 heavy (non-hydrogen) atoms. The number of amides is 4. The summed E-state index contributed by atoms with van der Waals surface area (Å²) >= 11 is 0. The second-order valence-corrected chi connectivity index (χ2v) is 32.4. The Morgan fingerprint density at radius 2 is 1.20 bits per heavy atom. The lowest BCUT2D eigenvalue weighted by molar-refractivity contribution is -0.142. The van der Waals surface area contributed by atoms with E-state index in [-0.39, 0.29) is 85.6 Å². The topological polar surface area (TPSA) is 267 Å². The number of nitrogens with one attached hydrogen (secondary N) is 4. The van der Waals surface area contributed by atoms with Crippen molar-refractivity contribution in [2.24, 2.45) is 5.73 Å². The van der Waals surface area contributed by atoms with Crippen LogP contribution in [-0.2, 0) is 72.2 Å². The third-order valence-corrected chi connectivity index (χ3v) is 23.0. The van der Waals surface area contributed by atoms with E-state index in [9.17, 15) is 63.9 Å². The van der Waals surface area contributed by atoms with Crippen LogP contribution in [0.3, 0.4) is 0 Å². The van der Waals surface area contributed by atoms with Crippen molar-refractivity contribution >= 4 is 46.6 Å². The third kappa shape index (κ3) is 21.4. The van der Waals surface area contributed by atoms with E-state index in [1.165, 1.54) is 48.5 Å². The van der Waals surface area contributed by atoms with Gasteiger partial charge in [0.05, 0.1) is 41.8 Å². The number of aldehydes is 1. The second-order valence-electron chi connectivity index (χ2n) is 32.4. The molecule has 0 radical (unpaired) electrons. The van der Waals surface area contributed by atoms with Crippen molar-refractivity contribution in [3.8, 4) is 39.1 Å². The van der Waals surface area contributed by atoms with Gasteiger partial charge in [-0.3, -0.25) is 53.1 Å². The van der Waals surface area contributed by atoms with E-state index in [2.05, 4.69) is 46.1 Å². The summed E-state index contributed by atoms with van der Waals surface area (Å²) in [6.07, 6.45) is 8.85. The van der Waals surface area contributed by atoms with Crippen LogP contribution in [0.25, 0.3) is 44.3 Å². The molecule has 16 rings (SSSR count). The van der Waals surface area contributed by atoms with Gasteiger partial charge >= 0.3 is 6.18 Å². The van der Waals surface area contributed by atoms with Gasteiger partial charge in [-0.1, -0.05) is 78.9 Å². The molecule has 4 amide bonds. The number of nitrogens with two attached hydrogens (primary N) is 1. The lowest BCUT2D eigenvalue weighted by Crippen LogP contribution is -2.34. The number of methoxy groups -OCH3 is 1. The van der Waals surface area contributed by atoms with Gasteiger partial charge in [0.25, 0.3) is 11.8 Å². The van der Waals surface area contributed by atoms with E-state index in [4.69, 9.17) is 10.5 Å². The molecule has 1 fully saturated rings. The summed E-state index contributed by atoms with van der Waals surface area (Å²) in [5, 5.41) is 18.1. The molecule has 0 spiro atoms. The number of aryl methyl sites for hydroxylation is 2. The zero-order chi connectivity index (χ0) is 89.0. The number of halogens is 8. The molecule has 5 atom stereocenters. The smallest absolute Gasteiger partial charge is 0.435 e. The first kappa shape index (κ1) is 88.7. The van der Waals surface area contributed by atoms with Crippen LogP contribution in [0, 0.1) is 42.9 Å². The van der Waals surface area contributed by atoms with Gasteiger partial charge in [0, 0.05) is 124 Å². The Morgan fingerprint density at radius 1 is 0.619 bits per heavy atom. The molecule has 2 unspecified atom stereocenters. The highest BCUT2D eigenvalue weighted by atomic mass is 19.4. The first-order valence-corrected chi connectivity index (χ1v) is 41.6. The summed E-state index contributed by atoms with van der Waals surface area (Å²) in [5.74, 6) is -3.96. The molecule has 3 aliphatic rings. The van der Waals surface area contributed by atoms with Crippen molar-refractivity contribution < 1.29 is 68.6 Å². The number of pyridine rings is 3. The number of primary amides is 1. The predicted molar refractivity (Wildman–Crippen MR) is 462 cm³/mol. The minimum absolute atomic E-state index is 0.00950. The normalized spacial score (nSPS) is 14.5. The molecule has 2 bridgehead atoms. The van der Waals surface area contributed by atoms with Crippen molar-refractivity contribution in [1.82, 2.24) is 60.3 Å². The maximum absolute atomic E-state index is 14.4. The molecule has 7 aromatic carbocycles. The van der Waals surface area contributed by atoms with Gasteiger partial charge in [0.1, 0.15) is 59.4 Å². The van der Waals surface area contributed by atoms with Gasteiger partial charge in [-0.2, -0.15) is 23.4 Å². The zero-order valence-corrected chi connectivity index (χ0v) is 69.9. The van der Waals surface area contributed by atoms with Gasteiger partial charge in [0.2, 0.25) is 11.8 Å². The molecule has 13 aromatic rings. The van der Waals surface area contributed by atoms with Crippen LogP contribution >= 0.6 is 0 Å². The number of Topliss-reactive ketones (excluding diaryl/α,β-unsaturated/α-hetero) is 1. The summed E-state index contributed by atoms with van der Waals surface area (Å²) in [4.78, 5) is 96.1.